The van der Waals surface area contributed by atoms with Gasteiger partial charge in [0.1, 0.15) is 0 Å². The summed E-state index contributed by atoms with van der Waals surface area (Å²) in [5.41, 5.74) is 3.94. The number of fused-ring (bicyclic) bond motifs is 1. The lowest BCUT2D eigenvalue weighted by Crippen LogP contribution is -2.27. The second-order valence-electron chi connectivity index (χ2n) is 7.69. The topological polar surface area (TPSA) is 81.3 Å². The van der Waals surface area contributed by atoms with Crippen LogP contribution in [0.25, 0.3) is 17.2 Å². The third-order valence-electron chi connectivity index (χ3n) is 5.75. The molecule has 1 amide bonds. The van der Waals surface area contributed by atoms with Gasteiger partial charge < -0.3 is 9.88 Å². The molecule has 164 valence electrons. The molecule has 4 aromatic rings. The summed E-state index contributed by atoms with van der Waals surface area (Å²) in [5, 5.41) is 7.46. The smallest absolute Gasteiger partial charge is 0.279 e. The molecule has 0 spiro atoms. The number of carbonyl (C=O) groups excluding carboxylic acids is 1. The quantitative estimate of drug-likeness (QED) is 0.481. The van der Waals surface area contributed by atoms with Crippen molar-refractivity contribution in [3.63, 3.8) is 0 Å². The zero-order valence-corrected chi connectivity index (χ0v) is 18.6. The highest BCUT2D eigenvalue weighted by molar-refractivity contribution is 5.91. The first-order valence-electron chi connectivity index (χ1n) is 11.0. The molecule has 0 bridgehead atoms. The van der Waals surface area contributed by atoms with Crippen LogP contribution in [0.5, 0.6) is 0 Å². The number of anilines is 1. The summed E-state index contributed by atoms with van der Waals surface area (Å²) >= 11 is 0. The third-order valence-corrected chi connectivity index (χ3v) is 5.75. The first kappa shape index (κ1) is 21.5. The molecule has 0 unspecified atom stereocenters. The number of aromatic nitrogens is 4. The summed E-state index contributed by atoms with van der Waals surface area (Å²) in [6.07, 6.45) is 1.38. The summed E-state index contributed by atoms with van der Waals surface area (Å²) in [6.45, 7) is 6.61. The molecule has 2 aromatic carbocycles. The normalized spacial score (nSPS) is 11.1. The van der Waals surface area contributed by atoms with E-state index in [1.807, 2.05) is 73.0 Å². The molecule has 0 fully saturated rings. The van der Waals surface area contributed by atoms with Crippen LogP contribution in [0, 0.1) is 6.92 Å². The number of carbonyl (C=O) groups is 1. The van der Waals surface area contributed by atoms with Gasteiger partial charge in [0.15, 0.2) is 5.82 Å². The molecular weight excluding hydrogens is 402 g/mol. The Kier molecular flexibility index (Phi) is 6.16. The van der Waals surface area contributed by atoms with Crippen LogP contribution in [0.2, 0.25) is 0 Å². The zero-order chi connectivity index (χ0) is 22.7. The molecule has 4 rings (SSSR count). The molecule has 2 heterocycles. The van der Waals surface area contributed by atoms with Gasteiger partial charge in [0.05, 0.1) is 0 Å². The summed E-state index contributed by atoms with van der Waals surface area (Å²) in [6, 6.07) is 17.4. The van der Waals surface area contributed by atoms with Gasteiger partial charge in [-0.1, -0.05) is 55.5 Å². The Morgan fingerprint density at radius 2 is 1.75 bits per heavy atom. The van der Waals surface area contributed by atoms with Gasteiger partial charge in [-0.05, 0) is 38.3 Å². The lowest BCUT2D eigenvalue weighted by atomic mass is 10.1. The molecule has 0 saturated carbocycles. The first-order chi connectivity index (χ1) is 15.5. The van der Waals surface area contributed by atoms with Crippen LogP contribution in [0.3, 0.4) is 0 Å². The molecule has 0 aliphatic carbocycles. The lowest BCUT2D eigenvalue weighted by Gasteiger charge is -2.14. The number of nitrogens with one attached hydrogen (secondary N) is 1. The van der Waals surface area contributed by atoms with Crippen molar-refractivity contribution in [1.29, 1.82) is 0 Å². The van der Waals surface area contributed by atoms with Crippen molar-refractivity contribution in [3.05, 3.63) is 81.8 Å². The maximum Gasteiger partial charge on any atom is 0.279 e. The van der Waals surface area contributed by atoms with E-state index in [1.54, 1.807) is 0 Å². The van der Waals surface area contributed by atoms with E-state index in [4.69, 9.17) is 0 Å². The van der Waals surface area contributed by atoms with Crippen LogP contribution in [-0.4, -0.2) is 25.1 Å². The van der Waals surface area contributed by atoms with Crippen molar-refractivity contribution in [2.75, 3.05) is 5.32 Å². The van der Waals surface area contributed by atoms with E-state index in [0.29, 0.717) is 30.1 Å². The minimum atomic E-state index is -0.223. The molecule has 0 aliphatic heterocycles. The van der Waals surface area contributed by atoms with Gasteiger partial charge in [0.2, 0.25) is 11.7 Å². The van der Waals surface area contributed by atoms with Crippen LogP contribution in [0.15, 0.2) is 59.4 Å². The Hall–Kier alpha value is -3.74. The Labute approximate surface area is 186 Å². The standard InChI is InChI=1S/C25H27N5O2/c1-4-18-11-9-10-14-21(18)26-22(31)16-15-20-17(3)29(5-2)25-27-23(28-30(25)24(20)32)19-12-7-6-8-13-19/h6-14H,4-5,15-16H2,1-3H3,(H,26,31). The molecule has 7 heteroatoms. The number of nitrogens with zero attached hydrogens (tertiary/aromatic N) is 4. The average molecular weight is 430 g/mol. The summed E-state index contributed by atoms with van der Waals surface area (Å²) in [5.74, 6) is 0.908. The van der Waals surface area contributed by atoms with Gasteiger partial charge in [0, 0.05) is 35.5 Å². The predicted octanol–water partition coefficient (Wildman–Crippen LogP) is 4.02. The highest BCUT2D eigenvalue weighted by atomic mass is 16.1. The van der Waals surface area contributed by atoms with Crippen molar-refractivity contribution in [3.8, 4) is 11.4 Å². The fraction of sp³-hybridized carbons (Fsp3) is 0.280. The van der Waals surface area contributed by atoms with E-state index in [1.165, 1.54) is 4.52 Å². The minimum absolute atomic E-state index is 0.114. The maximum absolute atomic E-state index is 13.2. The summed E-state index contributed by atoms with van der Waals surface area (Å²) < 4.78 is 3.33. The second-order valence-corrected chi connectivity index (χ2v) is 7.69. The fourth-order valence-corrected chi connectivity index (χ4v) is 3.99. The van der Waals surface area contributed by atoms with Crippen LogP contribution < -0.4 is 10.9 Å². The third kappa shape index (κ3) is 4.06. The highest BCUT2D eigenvalue weighted by Gasteiger charge is 2.19. The number of hydrogen-bond donors (Lipinski definition) is 1. The highest BCUT2D eigenvalue weighted by Crippen LogP contribution is 2.18. The first-order valence-corrected chi connectivity index (χ1v) is 11.0. The summed E-state index contributed by atoms with van der Waals surface area (Å²) in [4.78, 5) is 30.5. The molecule has 1 N–H and O–H groups in total. The Morgan fingerprint density at radius 1 is 1.03 bits per heavy atom. The lowest BCUT2D eigenvalue weighted by molar-refractivity contribution is -0.116. The van der Waals surface area contributed by atoms with E-state index < -0.39 is 0 Å². The molecular formula is C25H27N5O2. The Bertz CT molecular complexity index is 1320. The SMILES string of the molecule is CCc1ccccc1NC(=O)CCc1c(C)n(CC)c2nc(-c3ccccc3)nn2c1=O. The number of hydrogen-bond acceptors (Lipinski definition) is 4. The molecule has 7 nitrogen and oxygen atoms in total. The monoisotopic (exact) mass is 429 g/mol. The molecule has 0 aliphatic rings. The Morgan fingerprint density at radius 3 is 2.47 bits per heavy atom. The van der Waals surface area contributed by atoms with Gasteiger partial charge in [-0.2, -0.15) is 9.50 Å². The van der Waals surface area contributed by atoms with Gasteiger partial charge in [-0.25, -0.2) is 0 Å². The van der Waals surface area contributed by atoms with Gasteiger partial charge >= 0.3 is 0 Å². The van der Waals surface area contributed by atoms with Crippen molar-refractivity contribution < 1.29 is 4.79 Å². The molecule has 0 atom stereocenters. The minimum Gasteiger partial charge on any atom is -0.326 e. The van der Waals surface area contributed by atoms with Crippen molar-refractivity contribution in [2.24, 2.45) is 0 Å². The van der Waals surface area contributed by atoms with E-state index >= 15 is 0 Å². The van der Waals surface area contributed by atoms with Crippen LogP contribution in [0.4, 0.5) is 5.69 Å². The van der Waals surface area contributed by atoms with E-state index in [2.05, 4.69) is 22.3 Å². The molecule has 2 aromatic heterocycles. The van der Waals surface area contributed by atoms with Crippen molar-refractivity contribution in [2.45, 2.75) is 46.6 Å². The maximum atomic E-state index is 13.2. The van der Waals surface area contributed by atoms with Crippen LogP contribution >= 0.6 is 0 Å². The number of rotatable bonds is 7. The Balaban J connectivity index is 1.64. The van der Waals surface area contributed by atoms with Gasteiger partial charge in [0.25, 0.3) is 5.56 Å². The molecule has 32 heavy (non-hydrogen) atoms. The molecule has 0 saturated heterocycles. The zero-order valence-electron chi connectivity index (χ0n) is 18.6. The largest absolute Gasteiger partial charge is 0.326 e. The van der Waals surface area contributed by atoms with Crippen LogP contribution in [0.1, 0.15) is 37.1 Å². The van der Waals surface area contributed by atoms with Crippen molar-refractivity contribution >= 4 is 17.4 Å². The van der Waals surface area contributed by atoms with E-state index in [-0.39, 0.29) is 17.9 Å². The predicted molar refractivity (Wildman–Crippen MR) is 126 cm³/mol. The van der Waals surface area contributed by atoms with Gasteiger partial charge in [-0.3, -0.25) is 9.59 Å². The fourth-order valence-electron chi connectivity index (χ4n) is 3.99. The van der Waals surface area contributed by atoms with Gasteiger partial charge in [-0.15, -0.1) is 5.10 Å². The number of benzene rings is 2. The van der Waals surface area contributed by atoms with Crippen molar-refractivity contribution in [1.82, 2.24) is 19.2 Å². The average Bonchev–Trinajstić information content (AvgIpc) is 3.26. The van der Waals surface area contributed by atoms with Crippen LogP contribution in [-0.2, 0) is 24.2 Å². The van der Waals surface area contributed by atoms with E-state index in [0.717, 1.165) is 28.9 Å². The second kappa shape index (κ2) is 9.18. The molecule has 0 radical (unpaired) electrons. The summed E-state index contributed by atoms with van der Waals surface area (Å²) in [7, 11) is 0. The number of para-hydroxylation sites is 1. The number of aryl methyl sites for hydroxylation is 2. The number of amides is 1. The van der Waals surface area contributed by atoms with E-state index in [9.17, 15) is 9.59 Å².